The Morgan fingerprint density at radius 2 is 0.781 bits per heavy atom. The fraction of sp³-hybridized carbons (Fsp3) is 0.438. The van der Waals surface area contributed by atoms with Crippen molar-refractivity contribution in [1.82, 2.24) is 0 Å². The molecular weight excluding hydrogens is 384 g/mol. The number of benzene rings is 3. The molecule has 0 aliphatic heterocycles. The third kappa shape index (κ3) is 2.68. The van der Waals surface area contributed by atoms with E-state index < -0.39 is 0 Å². The van der Waals surface area contributed by atoms with Crippen LogP contribution in [0.25, 0.3) is 22.3 Å². The predicted octanol–water partition coefficient (Wildman–Crippen LogP) is 9.05. The van der Waals surface area contributed by atoms with Gasteiger partial charge in [0.1, 0.15) is 0 Å². The highest BCUT2D eigenvalue weighted by Gasteiger charge is 2.40. The molecule has 0 saturated carbocycles. The molecule has 0 heteroatoms. The largest absolute Gasteiger partial charge is 0.0516 e. The molecule has 168 valence electrons. The Morgan fingerprint density at radius 1 is 0.406 bits per heavy atom. The molecule has 1 aliphatic rings. The molecule has 0 saturated heterocycles. The lowest BCUT2D eigenvalue weighted by molar-refractivity contribution is 0.654. The van der Waals surface area contributed by atoms with E-state index in [9.17, 15) is 0 Å². The highest BCUT2D eigenvalue weighted by Crippen LogP contribution is 2.55. The molecular formula is C32H40. The summed E-state index contributed by atoms with van der Waals surface area (Å²) in [7, 11) is 0. The summed E-state index contributed by atoms with van der Waals surface area (Å²) in [5.41, 5.74) is 24.8. The minimum atomic E-state index is 0.00176. The van der Waals surface area contributed by atoms with Gasteiger partial charge >= 0.3 is 0 Å². The molecule has 0 atom stereocenters. The van der Waals surface area contributed by atoms with Crippen molar-refractivity contribution in [3.05, 3.63) is 78.4 Å². The van der Waals surface area contributed by atoms with Gasteiger partial charge in [-0.1, -0.05) is 13.8 Å². The van der Waals surface area contributed by atoms with Crippen LogP contribution in [0.4, 0.5) is 0 Å². The second kappa shape index (κ2) is 7.08. The van der Waals surface area contributed by atoms with Crippen LogP contribution in [-0.2, 0) is 5.41 Å². The van der Waals surface area contributed by atoms with Gasteiger partial charge in [0.25, 0.3) is 0 Å². The molecule has 0 bridgehead atoms. The van der Waals surface area contributed by atoms with E-state index in [1.165, 1.54) is 94.6 Å². The topological polar surface area (TPSA) is 0 Å². The van der Waals surface area contributed by atoms with Crippen molar-refractivity contribution in [2.45, 2.75) is 95.4 Å². The van der Waals surface area contributed by atoms with Crippen molar-refractivity contribution in [2.75, 3.05) is 0 Å². The van der Waals surface area contributed by atoms with Gasteiger partial charge in [-0.25, -0.2) is 0 Å². The van der Waals surface area contributed by atoms with Crippen LogP contribution in [0.2, 0.25) is 0 Å². The van der Waals surface area contributed by atoms with E-state index in [1.807, 2.05) is 0 Å². The Hall–Kier alpha value is -2.34. The Bertz CT molecular complexity index is 1300. The van der Waals surface area contributed by atoms with Crippen LogP contribution in [-0.4, -0.2) is 0 Å². The summed E-state index contributed by atoms with van der Waals surface area (Å²) < 4.78 is 0. The number of rotatable bonds is 1. The zero-order valence-electron chi connectivity index (χ0n) is 22.6. The first kappa shape index (κ1) is 22.8. The predicted molar refractivity (Wildman–Crippen MR) is 142 cm³/mol. The van der Waals surface area contributed by atoms with E-state index >= 15 is 0 Å². The first-order chi connectivity index (χ1) is 14.7. The van der Waals surface area contributed by atoms with E-state index in [2.05, 4.69) is 96.1 Å². The Labute approximate surface area is 196 Å². The smallest absolute Gasteiger partial charge is 0.0162 e. The van der Waals surface area contributed by atoms with Gasteiger partial charge in [0.05, 0.1) is 0 Å². The SMILES string of the molecule is Cc1c(-c2c(C)c(C)c(C)c(C)c2C)cc2c(c1C)-c1c(C)c(C)c(C)c(C)c1C2(C)C. The average molecular weight is 425 g/mol. The van der Waals surface area contributed by atoms with Crippen molar-refractivity contribution in [2.24, 2.45) is 0 Å². The first-order valence-corrected chi connectivity index (χ1v) is 12.1. The number of fused-ring (bicyclic) bond motifs is 3. The van der Waals surface area contributed by atoms with Crippen molar-refractivity contribution >= 4 is 0 Å². The maximum absolute atomic E-state index is 2.55. The molecule has 1 aliphatic carbocycles. The third-order valence-corrected chi connectivity index (χ3v) is 9.40. The van der Waals surface area contributed by atoms with Crippen LogP contribution in [0.3, 0.4) is 0 Å². The van der Waals surface area contributed by atoms with Crippen molar-refractivity contribution < 1.29 is 0 Å². The molecule has 0 radical (unpaired) electrons. The van der Waals surface area contributed by atoms with Crippen LogP contribution in [0.5, 0.6) is 0 Å². The van der Waals surface area contributed by atoms with Crippen LogP contribution in [0.1, 0.15) is 86.2 Å². The molecule has 0 spiro atoms. The van der Waals surface area contributed by atoms with Gasteiger partial charge in [0.15, 0.2) is 0 Å². The minimum absolute atomic E-state index is 0.00176. The standard InChI is InChI=1S/C32H40/c1-15-16(2)21(7)28(22(8)17(15)3)26-14-27-29(24(10)20(26)6)30-23(9)18(4)19(5)25(11)31(30)32(27,12)13/h14H,1-13H3. The van der Waals surface area contributed by atoms with Crippen LogP contribution >= 0.6 is 0 Å². The normalized spacial score (nSPS) is 14.0. The maximum atomic E-state index is 2.55. The highest BCUT2D eigenvalue weighted by molar-refractivity contribution is 5.92. The zero-order valence-corrected chi connectivity index (χ0v) is 22.6. The van der Waals surface area contributed by atoms with Gasteiger partial charge in [-0.15, -0.1) is 0 Å². The third-order valence-electron chi connectivity index (χ3n) is 9.40. The summed E-state index contributed by atoms with van der Waals surface area (Å²) in [6.07, 6.45) is 0. The molecule has 0 unspecified atom stereocenters. The summed E-state index contributed by atoms with van der Waals surface area (Å²) in [5.74, 6) is 0. The summed E-state index contributed by atoms with van der Waals surface area (Å²) in [6.45, 7) is 30.3. The van der Waals surface area contributed by atoms with E-state index in [0.717, 1.165) is 0 Å². The molecule has 0 aromatic heterocycles. The highest BCUT2D eigenvalue weighted by atomic mass is 14.4. The van der Waals surface area contributed by atoms with E-state index in [1.54, 1.807) is 0 Å². The second-order valence-corrected chi connectivity index (χ2v) is 11.0. The first-order valence-electron chi connectivity index (χ1n) is 12.1. The Kier molecular flexibility index (Phi) is 5.05. The van der Waals surface area contributed by atoms with Crippen molar-refractivity contribution in [3.63, 3.8) is 0 Å². The quantitative estimate of drug-likeness (QED) is 0.365. The molecule has 4 rings (SSSR count). The fourth-order valence-electron chi connectivity index (χ4n) is 6.44. The molecule has 0 N–H and O–H groups in total. The van der Waals surface area contributed by atoms with E-state index in [4.69, 9.17) is 0 Å². The van der Waals surface area contributed by atoms with Gasteiger partial charge < -0.3 is 0 Å². The van der Waals surface area contributed by atoms with Crippen LogP contribution in [0.15, 0.2) is 6.07 Å². The van der Waals surface area contributed by atoms with E-state index in [0.29, 0.717) is 0 Å². The fourth-order valence-corrected chi connectivity index (χ4v) is 6.44. The van der Waals surface area contributed by atoms with Gasteiger partial charge in [-0.3, -0.25) is 0 Å². The second-order valence-electron chi connectivity index (χ2n) is 11.0. The van der Waals surface area contributed by atoms with E-state index in [-0.39, 0.29) is 5.41 Å². The Balaban J connectivity index is 2.17. The molecule has 3 aromatic carbocycles. The summed E-state index contributed by atoms with van der Waals surface area (Å²) in [4.78, 5) is 0. The van der Waals surface area contributed by atoms with Gasteiger partial charge in [0, 0.05) is 5.41 Å². The molecule has 0 heterocycles. The maximum Gasteiger partial charge on any atom is 0.0162 e. The molecule has 0 amide bonds. The van der Waals surface area contributed by atoms with Crippen molar-refractivity contribution in [3.8, 4) is 22.3 Å². The molecule has 32 heavy (non-hydrogen) atoms. The molecule has 3 aromatic rings. The van der Waals surface area contributed by atoms with Crippen molar-refractivity contribution in [1.29, 1.82) is 0 Å². The van der Waals surface area contributed by atoms with Gasteiger partial charge in [0.2, 0.25) is 0 Å². The summed E-state index contributed by atoms with van der Waals surface area (Å²) in [6, 6.07) is 2.55. The number of hydrogen-bond acceptors (Lipinski definition) is 0. The van der Waals surface area contributed by atoms with Crippen LogP contribution < -0.4 is 0 Å². The van der Waals surface area contributed by atoms with Gasteiger partial charge in [-0.05, 0) is 177 Å². The number of hydrogen-bond donors (Lipinski definition) is 0. The minimum Gasteiger partial charge on any atom is -0.0516 e. The summed E-state index contributed by atoms with van der Waals surface area (Å²) in [5, 5.41) is 0. The lowest BCUT2D eigenvalue weighted by Gasteiger charge is -2.27. The lowest BCUT2D eigenvalue weighted by atomic mass is 9.76. The summed E-state index contributed by atoms with van der Waals surface area (Å²) >= 11 is 0. The van der Waals surface area contributed by atoms with Crippen LogP contribution in [0, 0.1) is 76.2 Å². The van der Waals surface area contributed by atoms with Gasteiger partial charge in [-0.2, -0.15) is 0 Å². The molecule has 0 fully saturated rings. The monoisotopic (exact) mass is 424 g/mol. The molecule has 0 nitrogen and oxygen atoms in total. The average Bonchev–Trinajstić information content (AvgIpc) is 2.98. The Morgan fingerprint density at radius 3 is 1.28 bits per heavy atom. The lowest BCUT2D eigenvalue weighted by Crippen LogP contribution is -2.18. The zero-order chi connectivity index (χ0) is 24.0.